The Bertz CT molecular complexity index is 962. The van der Waals surface area contributed by atoms with Crippen LogP contribution in [0, 0.1) is 6.92 Å². The zero-order valence-electron chi connectivity index (χ0n) is 12.2. The number of fused-ring (bicyclic) bond motifs is 1. The summed E-state index contributed by atoms with van der Waals surface area (Å²) < 4.78 is 24.3. The normalized spacial score (nSPS) is 11.5. The van der Waals surface area contributed by atoms with Gasteiger partial charge < -0.3 is 0 Å². The molecule has 7 nitrogen and oxygen atoms in total. The van der Waals surface area contributed by atoms with Crippen LogP contribution in [0.4, 0.5) is 0 Å². The fourth-order valence-electron chi connectivity index (χ4n) is 2.09. The number of rotatable bonds is 4. The average Bonchev–Trinajstić information content (AvgIpc) is 2.97. The molecule has 0 saturated heterocycles. The largest absolute Gasteiger partial charge is 0.287 e. The van der Waals surface area contributed by atoms with E-state index >= 15 is 0 Å². The van der Waals surface area contributed by atoms with Crippen molar-refractivity contribution in [2.75, 3.05) is 0 Å². The summed E-state index contributed by atoms with van der Waals surface area (Å²) in [6.07, 6.45) is 0. The Kier molecular flexibility index (Phi) is 3.85. The Labute approximate surface area is 132 Å². The van der Waals surface area contributed by atoms with E-state index in [0.717, 1.165) is 5.56 Å². The summed E-state index contributed by atoms with van der Waals surface area (Å²) in [5.41, 5.74) is 3.92. The summed E-state index contributed by atoms with van der Waals surface area (Å²) in [5.74, 6) is -0.641. The van der Waals surface area contributed by atoms with Gasteiger partial charge in [0.2, 0.25) is 0 Å². The van der Waals surface area contributed by atoms with Gasteiger partial charge in [-0.05, 0) is 25.1 Å². The van der Waals surface area contributed by atoms with Gasteiger partial charge in [-0.25, -0.2) is 8.42 Å². The van der Waals surface area contributed by atoms with Crippen LogP contribution >= 0.6 is 0 Å². The number of aromatic amines is 1. The molecule has 0 radical (unpaired) electrons. The third kappa shape index (κ3) is 3.08. The average molecular weight is 330 g/mol. The van der Waals surface area contributed by atoms with Crippen molar-refractivity contribution < 1.29 is 13.2 Å². The molecule has 23 heavy (non-hydrogen) atoms. The van der Waals surface area contributed by atoms with E-state index in [4.69, 9.17) is 0 Å². The number of aryl methyl sites for hydroxylation is 1. The number of carbonyl (C=O) groups is 1. The maximum absolute atomic E-state index is 12.1. The maximum atomic E-state index is 12.1. The number of carbonyl (C=O) groups excluding carboxylic acids is 1. The van der Waals surface area contributed by atoms with Crippen LogP contribution in [0.1, 0.15) is 16.1 Å². The Balaban J connectivity index is 1.77. The second-order valence-electron chi connectivity index (χ2n) is 4.99. The first-order valence-corrected chi connectivity index (χ1v) is 8.27. The third-order valence-electron chi connectivity index (χ3n) is 3.32. The van der Waals surface area contributed by atoms with Crippen LogP contribution in [0.5, 0.6) is 0 Å². The molecule has 1 amide bonds. The first-order valence-electron chi connectivity index (χ1n) is 6.79. The van der Waals surface area contributed by atoms with E-state index in [1.54, 1.807) is 30.3 Å². The standard InChI is InChI=1S/C15H14N4O3S/c1-10-6-8-11(9-7-10)23(21,22)19-18-15(20)14-12-4-2-3-5-13(12)16-17-14/h2-9,19H,1H3,(H,16,17)(H,18,20). The smallest absolute Gasteiger partial charge is 0.277 e. The molecule has 0 saturated carbocycles. The molecule has 0 aliphatic rings. The highest BCUT2D eigenvalue weighted by molar-refractivity contribution is 7.89. The Morgan fingerprint density at radius 3 is 2.52 bits per heavy atom. The van der Waals surface area contributed by atoms with Crippen LogP contribution in [-0.4, -0.2) is 24.5 Å². The number of amides is 1. The maximum Gasteiger partial charge on any atom is 0.287 e. The van der Waals surface area contributed by atoms with E-state index in [9.17, 15) is 13.2 Å². The van der Waals surface area contributed by atoms with Crippen molar-refractivity contribution in [1.82, 2.24) is 20.5 Å². The highest BCUT2D eigenvalue weighted by atomic mass is 32.2. The number of aromatic nitrogens is 2. The molecule has 3 rings (SSSR count). The van der Waals surface area contributed by atoms with E-state index < -0.39 is 15.9 Å². The Hall–Kier alpha value is -2.71. The fraction of sp³-hybridized carbons (Fsp3) is 0.0667. The van der Waals surface area contributed by atoms with Crippen molar-refractivity contribution in [3.8, 4) is 0 Å². The number of hydrogen-bond donors (Lipinski definition) is 3. The van der Waals surface area contributed by atoms with Crippen molar-refractivity contribution in [2.24, 2.45) is 0 Å². The van der Waals surface area contributed by atoms with Gasteiger partial charge in [0.05, 0.1) is 10.4 Å². The highest BCUT2D eigenvalue weighted by Crippen LogP contribution is 2.15. The SMILES string of the molecule is Cc1ccc(S(=O)(=O)NNC(=O)c2n[nH]c3ccccc23)cc1. The molecular weight excluding hydrogens is 316 g/mol. The van der Waals surface area contributed by atoms with Gasteiger partial charge in [0.15, 0.2) is 5.69 Å². The highest BCUT2D eigenvalue weighted by Gasteiger charge is 2.18. The minimum absolute atomic E-state index is 0.0651. The third-order valence-corrected chi connectivity index (χ3v) is 4.58. The van der Waals surface area contributed by atoms with Gasteiger partial charge in [-0.3, -0.25) is 15.3 Å². The number of hydrazine groups is 1. The van der Waals surface area contributed by atoms with Crippen molar-refractivity contribution >= 4 is 26.8 Å². The zero-order valence-corrected chi connectivity index (χ0v) is 13.0. The quantitative estimate of drug-likeness (QED) is 0.631. The first kappa shape index (κ1) is 15.2. The van der Waals surface area contributed by atoms with Crippen LogP contribution in [0.3, 0.4) is 0 Å². The topological polar surface area (TPSA) is 104 Å². The Morgan fingerprint density at radius 2 is 1.78 bits per heavy atom. The van der Waals surface area contributed by atoms with Gasteiger partial charge in [0, 0.05) is 5.39 Å². The number of nitrogens with one attached hydrogen (secondary N) is 3. The van der Waals surface area contributed by atoms with E-state index in [-0.39, 0.29) is 10.6 Å². The second-order valence-corrected chi connectivity index (χ2v) is 6.67. The summed E-state index contributed by atoms with van der Waals surface area (Å²) >= 11 is 0. The van der Waals surface area contributed by atoms with Gasteiger partial charge in [-0.15, -0.1) is 4.83 Å². The van der Waals surface area contributed by atoms with E-state index in [1.807, 2.05) is 13.0 Å². The van der Waals surface area contributed by atoms with Crippen LogP contribution in [0.15, 0.2) is 53.4 Å². The molecule has 118 valence electrons. The molecule has 0 atom stereocenters. The van der Waals surface area contributed by atoms with E-state index in [0.29, 0.717) is 10.9 Å². The molecule has 0 fully saturated rings. The van der Waals surface area contributed by atoms with Crippen LogP contribution < -0.4 is 10.3 Å². The fourth-order valence-corrected chi connectivity index (χ4v) is 2.92. The van der Waals surface area contributed by atoms with Gasteiger partial charge in [-0.2, -0.15) is 5.10 Å². The number of sulfonamides is 1. The van der Waals surface area contributed by atoms with Gasteiger partial charge in [-0.1, -0.05) is 35.9 Å². The van der Waals surface area contributed by atoms with Crippen LogP contribution in [-0.2, 0) is 10.0 Å². The lowest BCUT2D eigenvalue weighted by Gasteiger charge is -2.07. The first-order chi connectivity index (χ1) is 11.0. The molecule has 0 aliphatic heterocycles. The molecule has 3 N–H and O–H groups in total. The molecule has 0 bridgehead atoms. The van der Waals surface area contributed by atoms with E-state index in [1.165, 1.54) is 12.1 Å². The molecule has 8 heteroatoms. The molecule has 0 unspecified atom stereocenters. The molecule has 0 aliphatic carbocycles. The number of benzene rings is 2. The molecule has 2 aromatic carbocycles. The minimum Gasteiger partial charge on any atom is -0.277 e. The van der Waals surface area contributed by atoms with Crippen LogP contribution in [0.25, 0.3) is 10.9 Å². The predicted octanol–water partition coefficient (Wildman–Crippen LogP) is 1.49. The lowest BCUT2D eigenvalue weighted by atomic mass is 10.2. The van der Waals surface area contributed by atoms with Crippen LogP contribution in [0.2, 0.25) is 0 Å². The monoisotopic (exact) mass is 330 g/mol. The molecular formula is C15H14N4O3S. The van der Waals surface area contributed by atoms with Gasteiger partial charge in [0.25, 0.3) is 15.9 Å². The molecule has 1 heterocycles. The van der Waals surface area contributed by atoms with E-state index in [2.05, 4.69) is 20.5 Å². The molecule has 1 aromatic heterocycles. The lowest BCUT2D eigenvalue weighted by Crippen LogP contribution is -2.41. The van der Waals surface area contributed by atoms with Crippen molar-refractivity contribution in [3.05, 3.63) is 59.8 Å². The minimum atomic E-state index is -3.84. The van der Waals surface area contributed by atoms with Crippen molar-refractivity contribution in [1.29, 1.82) is 0 Å². The summed E-state index contributed by atoms with van der Waals surface area (Å²) in [6, 6.07) is 13.4. The van der Waals surface area contributed by atoms with Crippen molar-refractivity contribution in [3.63, 3.8) is 0 Å². The van der Waals surface area contributed by atoms with Gasteiger partial charge >= 0.3 is 0 Å². The molecule has 0 spiro atoms. The van der Waals surface area contributed by atoms with Gasteiger partial charge in [0.1, 0.15) is 0 Å². The summed E-state index contributed by atoms with van der Waals surface area (Å²) in [7, 11) is -3.84. The number of nitrogens with zero attached hydrogens (tertiary/aromatic N) is 1. The number of para-hydroxylation sites is 1. The molecule has 3 aromatic rings. The lowest BCUT2D eigenvalue weighted by molar-refractivity contribution is 0.0941. The number of hydrogen-bond acceptors (Lipinski definition) is 4. The summed E-state index contributed by atoms with van der Waals surface area (Å²) in [4.78, 5) is 14.3. The summed E-state index contributed by atoms with van der Waals surface area (Å²) in [6.45, 7) is 1.86. The second kappa shape index (κ2) is 5.82. The number of H-pyrrole nitrogens is 1. The summed E-state index contributed by atoms with van der Waals surface area (Å²) in [5, 5.41) is 7.24. The Morgan fingerprint density at radius 1 is 1.09 bits per heavy atom. The predicted molar refractivity (Wildman–Crippen MR) is 85.1 cm³/mol. The zero-order chi connectivity index (χ0) is 16.4. The van der Waals surface area contributed by atoms with Crippen molar-refractivity contribution in [2.45, 2.75) is 11.8 Å².